The third kappa shape index (κ3) is 4.68. The highest BCUT2D eigenvalue weighted by Gasteiger charge is 2.33. The molecule has 3 aromatic carbocycles. The number of hydrogen-bond acceptors (Lipinski definition) is 5. The number of amides is 2. The van der Waals surface area contributed by atoms with Gasteiger partial charge in [0.15, 0.2) is 0 Å². The Kier molecular flexibility index (Phi) is 6.54. The van der Waals surface area contributed by atoms with E-state index in [1.54, 1.807) is 7.11 Å². The predicted octanol–water partition coefficient (Wildman–Crippen LogP) is 6.41. The Morgan fingerprint density at radius 2 is 1.73 bits per heavy atom. The number of carbonyl (C=O) groups is 1. The molecule has 7 rings (SSSR count). The topological polar surface area (TPSA) is 60.9 Å². The second-order valence-electron chi connectivity index (χ2n) is 11.6. The number of nitrogens with zero attached hydrogens (tertiary/aromatic N) is 4. The van der Waals surface area contributed by atoms with Crippen molar-refractivity contribution in [3.63, 3.8) is 0 Å². The molecule has 4 aromatic rings. The number of pyridine rings is 1. The summed E-state index contributed by atoms with van der Waals surface area (Å²) in [6.45, 7) is 8.98. The van der Waals surface area contributed by atoms with Crippen molar-refractivity contribution < 1.29 is 9.53 Å². The van der Waals surface area contributed by atoms with Crippen molar-refractivity contribution in [3.05, 3.63) is 77.6 Å². The van der Waals surface area contributed by atoms with Gasteiger partial charge in [-0.2, -0.15) is 0 Å². The molecule has 1 N–H and O–H groups in total. The number of anilines is 3. The van der Waals surface area contributed by atoms with Gasteiger partial charge in [-0.3, -0.25) is 14.8 Å². The quantitative estimate of drug-likeness (QED) is 0.320. The normalized spacial score (nSPS) is 18.5. The molecule has 7 nitrogen and oxygen atoms in total. The molecule has 2 fully saturated rings. The molecular formula is C34H37N5O2. The average molecular weight is 548 g/mol. The summed E-state index contributed by atoms with van der Waals surface area (Å²) in [6, 6.07) is 21.5. The largest absolute Gasteiger partial charge is 0.495 e. The molecule has 0 aliphatic carbocycles. The van der Waals surface area contributed by atoms with E-state index in [0.717, 1.165) is 87.7 Å². The van der Waals surface area contributed by atoms with Crippen LogP contribution in [0, 0.1) is 13.8 Å². The number of methoxy groups -OCH3 is 1. The summed E-state index contributed by atoms with van der Waals surface area (Å²) in [4.78, 5) is 25.3. The lowest BCUT2D eigenvalue weighted by molar-refractivity contribution is 0.230. The zero-order valence-electron chi connectivity index (χ0n) is 24.1. The van der Waals surface area contributed by atoms with Crippen LogP contribution in [-0.4, -0.2) is 61.8 Å². The Labute approximate surface area is 241 Å². The molecule has 1 atom stereocenters. The molecule has 4 heterocycles. The molecule has 210 valence electrons. The van der Waals surface area contributed by atoms with Gasteiger partial charge < -0.3 is 15.0 Å². The van der Waals surface area contributed by atoms with Crippen molar-refractivity contribution >= 4 is 33.9 Å². The van der Waals surface area contributed by atoms with Gasteiger partial charge in [-0.25, -0.2) is 4.79 Å². The van der Waals surface area contributed by atoms with Crippen molar-refractivity contribution in [1.29, 1.82) is 0 Å². The summed E-state index contributed by atoms with van der Waals surface area (Å²) in [5, 5.41) is 5.38. The molecule has 3 aliphatic heterocycles. The number of nitrogens with one attached hydrogen (secondary N) is 1. The van der Waals surface area contributed by atoms with Gasteiger partial charge in [-0.15, -0.1) is 0 Å². The van der Waals surface area contributed by atoms with Gasteiger partial charge in [-0.05, 0) is 92.1 Å². The van der Waals surface area contributed by atoms with E-state index in [0.29, 0.717) is 12.6 Å². The van der Waals surface area contributed by atoms with Gasteiger partial charge in [0, 0.05) is 49.0 Å². The monoisotopic (exact) mass is 547 g/mol. The van der Waals surface area contributed by atoms with E-state index in [9.17, 15) is 4.79 Å². The Hall–Kier alpha value is -4.10. The number of hydrogen-bond donors (Lipinski definition) is 1. The molecule has 0 saturated carbocycles. The highest BCUT2D eigenvalue weighted by molar-refractivity contribution is 6.10. The average Bonchev–Trinajstić information content (AvgIpc) is 3.62. The lowest BCUT2D eigenvalue weighted by atomic mass is 9.97. The fraction of sp³-hybridized carbons (Fsp3) is 0.353. The third-order valence-corrected chi connectivity index (χ3v) is 9.01. The molecule has 0 unspecified atom stereocenters. The van der Waals surface area contributed by atoms with E-state index in [1.807, 2.05) is 30.9 Å². The maximum Gasteiger partial charge on any atom is 0.326 e. The summed E-state index contributed by atoms with van der Waals surface area (Å²) < 4.78 is 5.86. The maximum atomic E-state index is 13.8. The molecule has 0 bridgehead atoms. The number of carbonyl (C=O) groups excluding carboxylic acids is 1. The summed E-state index contributed by atoms with van der Waals surface area (Å²) in [5.74, 6) is 0.903. The standard InChI is InChI=1S/C34H37N5O2/c1-22-17-25(18-23(2)35-22)27-8-4-10-29-28(27)9-5-11-30(29)36-34(40)39-14-12-24-19-33(41-3)32(20-31(24)39)38-16-15-37-13-6-7-26(37)21-38/h4-5,8-11,17-20,26H,6-7,12-16,21H2,1-3H3,(H,36,40)/t26-/m0/s1. The Balaban J connectivity index is 1.19. The highest BCUT2D eigenvalue weighted by Crippen LogP contribution is 2.41. The lowest BCUT2D eigenvalue weighted by Gasteiger charge is -2.39. The zero-order valence-corrected chi connectivity index (χ0v) is 24.1. The van der Waals surface area contributed by atoms with Gasteiger partial charge in [0.05, 0.1) is 24.2 Å². The molecule has 3 aliphatic rings. The molecule has 1 aromatic heterocycles. The fourth-order valence-electron chi connectivity index (χ4n) is 7.08. The van der Waals surface area contributed by atoms with Gasteiger partial charge in [-0.1, -0.05) is 30.3 Å². The number of rotatable bonds is 4. The molecule has 2 saturated heterocycles. The number of urea groups is 1. The van der Waals surface area contributed by atoms with Crippen LogP contribution in [0.2, 0.25) is 0 Å². The van der Waals surface area contributed by atoms with Crippen LogP contribution in [0.15, 0.2) is 60.7 Å². The van der Waals surface area contributed by atoms with Crippen molar-refractivity contribution in [2.24, 2.45) is 0 Å². The van der Waals surface area contributed by atoms with Crippen LogP contribution in [0.1, 0.15) is 29.8 Å². The van der Waals surface area contributed by atoms with E-state index in [2.05, 4.69) is 68.6 Å². The number of aryl methyl sites for hydroxylation is 2. The number of piperazine rings is 1. The second kappa shape index (κ2) is 10.4. The SMILES string of the molecule is COc1cc2c(cc1N1CCN3CCC[C@H]3C1)N(C(=O)Nc1cccc3c(-c4cc(C)nc(C)c4)cccc13)CC2. The van der Waals surface area contributed by atoms with Crippen molar-refractivity contribution in [3.8, 4) is 16.9 Å². The first kappa shape index (κ1) is 25.8. The van der Waals surface area contributed by atoms with Crippen LogP contribution in [0.25, 0.3) is 21.9 Å². The van der Waals surface area contributed by atoms with Crippen LogP contribution in [-0.2, 0) is 6.42 Å². The molecule has 7 heteroatoms. The van der Waals surface area contributed by atoms with Crippen LogP contribution in [0.3, 0.4) is 0 Å². The first-order valence-electron chi connectivity index (χ1n) is 14.7. The number of aromatic nitrogens is 1. The number of ether oxygens (including phenoxy) is 1. The Morgan fingerprint density at radius 3 is 2.56 bits per heavy atom. The Morgan fingerprint density at radius 1 is 0.927 bits per heavy atom. The van der Waals surface area contributed by atoms with E-state index in [-0.39, 0.29) is 6.03 Å². The van der Waals surface area contributed by atoms with E-state index >= 15 is 0 Å². The zero-order chi connectivity index (χ0) is 28.1. The van der Waals surface area contributed by atoms with Gasteiger partial charge in [0.1, 0.15) is 5.75 Å². The Bertz CT molecular complexity index is 1630. The van der Waals surface area contributed by atoms with E-state index in [4.69, 9.17) is 4.74 Å². The van der Waals surface area contributed by atoms with Crippen LogP contribution in [0.4, 0.5) is 21.9 Å². The summed E-state index contributed by atoms with van der Waals surface area (Å²) in [5.41, 5.74) is 8.31. The smallest absolute Gasteiger partial charge is 0.326 e. The van der Waals surface area contributed by atoms with Crippen LogP contribution < -0.4 is 19.9 Å². The molecule has 2 amide bonds. The maximum absolute atomic E-state index is 13.8. The fourth-order valence-corrected chi connectivity index (χ4v) is 7.08. The minimum absolute atomic E-state index is 0.103. The molecular weight excluding hydrogens is 510 g/mol. The minimum atomic E-state index is -0.103. The van der Waals surface area contributed by atoms with Crippen molar-refractivity contribution in [2.45, 2.75) is 39.2 Å². The summed E-state index contributed by atoms with van der Waals surface area (Å²) in [7, 11) is 1.75. The lowest BCUT2D eigenvalue weighted by Crippen LogP contribution is -2.50. The first-order valence-corrected chi connectivity index (χ1v) is 14.7. The van der Waals surface area contributed by atoms with Gasteiger partial charge in [0.2, 0.25) is 0 Å². The van der Waals surface area contributed by atoms with Gasteiger partial charge >= 0.3 is 6.03 Å². The second-order valence-corrected chi connectivity index (χ2v) is 11.6. The van der Waals surface area contributed by atoms with Crippen molar-refractivity contribution in [1.82, 2.24) is 9.88 Å². The first-order chi connectivity index (χ1) is 20.0. The number of fused-ring (bicyclic) bond motifs is 3. The molecule has 0 radical (unpaired) electrons. The molecule has 0 spiro atoms. The van der Waals surface area contributed by atoms with Crippen LogP contribution >= 0.6 is 0 Å². The predicted molar refractivity (Wildman–Crippen MR) is 167 cm³/mol. The van der Waals surface area contributed by atoms with Crippen LogP contribution in [0.5, 0.6) is 5.75 Å². The van der Waals surface area contributed by atoms with Crippen molar-refractivity contribution in [2.75, 3.05) is 55.0 Å². The highest BCUT2D eigenvalue weighted by atomic mass is 16.5. The number of benzene rings is 3. The van der Waals surface area contributed by atoms with Gasteiger partial charge in [0.25, 0.3) is 0 Å². The summed E-state index contributed by atoms with van der Waals surface area (Å²) in [6.07, 6.45) is 3.35. The van der Waals surface area contributed by atoms with E-state index in [1.165, 1.54) is 19.4 Å². The summed E-state index contributed by atoms with van der Waals surface area (Å²) >= 11 is 0. The molecule has 41 heavy (non-hydrogen) atoms. The third-order valence-electron chi connectivity index (χ3n) is 9.01. The van der Waals surface area contributed by atoms with E-state index < -0.39 is 0 Å². The minimum Gasteiger partial charge on any atom is -0.495 e.